The highest BCUT2D eigenvalue weighted by molar-refractivity contribution is 6.30. The van der Waals surface area contributed by atoms with Crippen LogP contribution >= 0.6 is 11.6 Å². The van der Waals surface area contributed by atoms with E-state index in [-0.39, 0.29) is 0 Å². The van der Waals surface area contributed by atoms with Gasteiger partial charge in [-0.25, -0.2) is 0 Å². The highest BCUT2D eigenvalue weighted by Gasteiger charge is 2.22. The monoisotopic (exact) mass is 266 g/mol. The Labute approximate surface area is 115 Å². The molecule has 1 aromatic rings. The molecule has 1 aliphatic carbocycles. The van der Waals surface area contributed by atoms with Gasteiger partial charge in [-0.2, -0.15) is 0 Å². The van der Waals surface area contributed by atoms with Gasteiger partial charge < -0.3 is 10.2 Å². The second-order valence-corrected chi connectivity index (χ2v) is 6.11. The first-order valence-corrected chi connectivity index (χ1v) is 7.10. The van der Waals surface area contributed by atoms with Gasteiger partial charge in [-0.1, -0.05) is 17.7 Å². The SMILES string of the molecule is CC(CCN(C)C)NC1Cc2ccc(Cl)cc2C1. The summed E-state index contributed by atoms with van der Waals surface area (Å²) in [6.45, 7) is 3.42. The van der Waals surface area contributed by atoms with Crippen LogP contribution in [0.15, 0.2) is 18.2 Å². The first-order valence-electron chi connectivity index (χ1n) is 6.72. The molecular formula is C15H23ClN2. The van der Waals surface area contributed by atoms with E-state index in [2.05, 4.69) is 43.4 Å². The van der Waals surface area contributed by atoms with Crippen LogP contribution in [-0.4, -0.2) is 37.6 Å². The Kier molecular flexibility index (Phi) is 4.66. The summed E-state index contributed by atoms with van der Waals surface area (Å²) in [6, 6.07) is 7.43. The maximum Gasteiger partial charge on any atom is 0.0408 e. The van der Waals surface area contributed by atoms with E-state index in [1.54, 1.807) is 0 Å². The lowest BCUT2D eigenvalue weighted by atomic mass is 10.1. The molecule has 2 nitrogen and oxygen atoms in total. The van der Waals surface area contributed by atoms with Crippen LogP contribution in [0, 0.1) is 0 Å². The van der Waals surface area contributed by atoms with Gasteiger partial charge in [0.05, 0.1) is 0 Å². The molecule has 0 spiro atoms. The maximum absolute atomic E-state index is 6.04. The van der Waals surface area contributed by atoms with Gasteiger partial charge in [0.15, 0.2) is 0 Å². The average Bonchev–Trinajstić information content (AvgIpc) is 2.67. The van der Waals surface area contributed by atoms with Crippen LogP contribution in [0.1, 0.15) is 24.5 Å². The van der Waals surface area contributed by atoms with Gasteiger partial charge in [0, 0.05) is 17.1 Å². The van der Waals surface area contributed by atoms with E-state index in [9.17, 15) is 0 Å². The molecule has 1 N–H and O–H groups in total. The topological polar surface area (TPSA) is 15.3 Å². The number of nitrogens with one attached hydrogen (secondary N) is 1. The van der Waals surface area contributed by atoms with Crippen molar-refractivity contribution in [2.45, 2.75) is 38.3 Å². The fourth-order valence-corrected chi connectivity index (χ4v) is 2.84. The van der Waals surface area contributed by atoms with Crippen LogP contribution in [0.3, 0.4) is 0 Å². The van der Waals surface area contributed by atoms with Crippen LogP contribution in [0.2, 0.25) is 5.02 Å². The van der Waals surface area contributed by atoms with Crippen molar-refractivity contribution in [3.05, 3.63) is 34.3 Å². The lowest BCUT2D eigenvalue weighted by Gasteiger charge is -2.20. The number of rotatable bonds is 5. The molecule has 0 saturated carbocycles. The summed E-state index contributed by atoms with van der Waals surface area (Å²) in [5.74, 6) is 0. The normalized spacial score (nSPS) is 20.2. The highest BCUT2D eigenvalue weighted by atomic mass is 35.5. The summed E-state index contributed by atoms with van der Waals surface area (Å²) in [4.78, 5) is 2.24. The minimum atomic E-state index is 0.571. The number of benzene rings is 1. The van der Waals surface area contributed by atoms with E-state index in [0.29, 0.717) is 12.1 Å². The molecule has 0 radical (unpaired) electrons. The highest BCUT2D eigenvalue weighted by Crippen LogP contribution is 2.25. The van der Waals surface area contributed by atoms with Crippen molar-refractivity contribution < 1.29 is 0 Å². The maximum atomic E-state index is 6.04. The van der Waals surface area contributed by atoms with Crippen molar-refractivity contribution in [3.63, 3.8) is 0 Å². The molecule has 0 bridgehead atoms. The minimum absolute atomic E-state index is 0.571. The molecule has 1 aliphatic rings. The Bertz CT molecular complexity index is 403. The first-order chi connectivity index (χ1) is 8.54. The van der Waals surface area contributed by atoms with E-state index in [0.717, 1.165) is 24.4 Å². The van der Waals surface area contributed by atoms with E-state index in [4.69, 9.17) is 11.6 Å². The zero-order chi connectivity index (χ0) is 13.1. The lowest BCUT2D eigenvalue weighted by molar-refractivity contribution is 0.350. The molecule has 2 unspecified atom stereocenters. The third-order valence-electron chi connectivity index (χ3n) is 3.63. The molecule has 0 fully saturated rings. The smallest absolute Gasteiger partial charge is 0.0408 e. The number of nitrogens with zero attached hydrogens (tertiary/aromatic N) is 1. The molecule has 3 heteroatoms. The van der Waals surface area contributed by atoms with E-state index in [1.807, 2.05) is 6.07 Å². The van der Waals surface area contributed by atoms with Gasteiger partial charge in [-0.3, -0.25) is 0 Å². The van der Waals surface area contributed by atoms with Crippen molar-refractivity contribution >= 4 is 11.6 Å². The zero-order valence-corrected chi connectivity index (χ0v) is 12.3. The predicted molar refractivity (Wildman–Crippen MR) is 78.4 cm³/mol. The molecule has 100 valence electrons. The Hall–Kier alpha value is -0.570. The van der Waals surface area contributed by atoms with Crippen LogP contribution in [0.4, 0.5) is 0 Å². The minimum Gasteiger partial charge on any atom is -0.311 e. The average molecular weight is 267 g/mol. The molecular weight excluding hydrogens is 244 g/mol. The lowest BCUT2D eigenvalue weighted by Crippen LogP contribution is -2.38. The standard InChI is InChI=1S/C15H23ClN2/c1-11(6-7-18(2)3)17-15-9-12-4-5-14(16)8-13(12)10-15/h4-5,8,11,15,17H,6-7,9-10H2,1-3H3. The molecule has 0 amide bonds. The fraction of sp³-hybridized carbons (Fsp3) is 0.600. The number of hydrogen-bond acceptors (Lipinski definition) is 2. The molecule has 2 rings (SSSR count). The van der Waals surface area contributed by atoms with Crippen molar-refractivity contribution in [1.82, 2.24) is 10.2 Å². The Balaban J connectivity index is 1.84. The zero-order valence-electron chi connectivity index (χ0n) is 11.5. The van der Waals surface area contributed by atoms with E-state index >= 15 is 0 Å². The second-order valence-electron chi connectivity index (χ2n) is 5.68. The summed E-state index contributed by atoms with van der Waals surface area (Å²) in [5.41, 5.74) is 2.87. The van der Waals surface area contributed by atoms with Gasteiger partial charge in [-0.05, 0) is 70.1 Å². The molecule has 18 heavy (non-hydrogen) atoms. The molecule has 2 atom stereocenters. The third kappa shape index (κ3) is 3.71. The summed E-state index contributed by atoms with van der Waals surface area (Å²) >= 11 is 6.04. The van der Waals surface area contributed by atoms with Crippen molar-refractivity contribution in [1.29, 1.82) is 0 Å². The molecule has 1 aromatic carbocycles. The summed E-state index contributed by atoms with van der Waals surface area (Å²) in [5, 5.41) is 4.59. The Morgan fingerprint density at radius 2 is 2.06 bits per heavy atom. The van der Waals surface area contributed by atoms with Crippen LogP contribution in [0.25, 0.3) is 0 Å². The fourth-order valence-electron chi connectivity index (χ4n) is 2.64. The molecule has 0 saturated heterocycles. The summed E-state index contributed by atoms with van der Waals surface area (Å²) in [7, 11) is 4.25. The summed E-state index contributed by atoms with van der Waals surface area (Å²) < 4.78 is 0. The largest absolute Gasteiger partial charge is 0.311 e. The number of halogens is 1. The third-order valence-corrected chi connectivity index (χ3v) is 3.87. The van der Waals surface area contributed by atoms with E-state index in [1.165, 1.54) is 17.5 Å². The van der Waals surface area contributed by atoms with Gasteiger partial charge in [-0.15, -0.1) is 0 Å². The second kappa shape index (κ2) is 6.05. The first kappa shape index (κ1) is 13.9. The van der Waals surface area contributed by atoms with Crippen molar-refractivity contribution in [2.75, 3.05) is 20.6 Å². The molecule has 0 aromatic heterocycles. The summed E-state index contributed by atoms with van der Waals surface area (Å²) in [6.07, 6.45) is 3.45. The quantitative estimate of drug-likeness (QED) is 0.882. The van der Waals surface area contributed by atoms with Gasteiger partial charge in [0.25, 0.3) is 0 Å². The Morgan fingerprint density at radius 3 is 2.78 bits per heavy atom. The van der Waals surface area contributed by atoms with Gasteiger partial charge in [0.1, 0.15) is 0 Å². The van der Waals surface area contributed by atoms with Crippen molar-refractivity contribution in [3.8, 4) is 0 Å². The number of hydrogen-bond donors (Lipinski definition) is 1. The van der Waals surface area contributed by atoms with Crippen LogP contribution in [0.5, 0.6) is 0 Å². The Morgan fingerprint density at radius 1 is 1.33 bits per heavy atom. The van der Waals surface area contributed by atoms with Crippen LogP contribution in [-0.2, 0) is 12.8 Å². The van der Waals surface area contributed by atoms with Crippen molar-refractivity contribution in [2.24, 2.45) is 0 Å². The van der Waals surface area contributed by atoms with Gasteiger partial charge in [0.2, 0.25) is 0 Å². The molecule has 0 aliphatic heterocycles. The molecule has 0 heterocycles. The van der Waals surface area contributed by atoms with Gasteiger partial charge >= 0.3 is 0 Å². The van der Waals surface area contributed by atoms with E-state index < -0.39 is 0 Å². The predicted octanol–water partition coefficient (Wildman–Crippen LogP) is 2.74. The number of fused-ring (bicyclic) bond motifs is 1. The van der Waals surface area contributed by atoms with Crippen LogP contribution < -0.4 is 5.32 Å².